The van der Waals surface area contributed by atoms with Crippen molar-refractivity contribution in [1.82, 2.24) is 19.4 Å². The number of hydrogen-bond acceptors (Lipinski definition) is 4. The van der Waals surface area contributed by atoms with Crippen molar-refractivity contribution >= 4 is 17.1 Å². The average Bonchev–Trinajstić information content (AvgIpc) is 3.31. The molecule has 140 valence electrons. The van der Waals surface area contributed by atoms with Crippen molar-refractivity contribution in [1.29, 1.82) is 0 Å². The van der Waals surface area contributed by atoms with E-state index in [1.807, 2.05) is 12.1 Å². The first-order valence-electron chi connectivity index (χ1n) is 9.06. The molecule has 1 atom stereocenters. The summed E-state index contributed by atoms with van der Waals surface area (Å²) in [6.07, 6.45) is 2.59. The smallest absolute Gasteiger partial charge is 0.253 e. The van der Waals surface area contributed by atoms with E-state index >= 15 is 0 Å². The molecule has 4 rings (SSSR count). The number of carbonyl (C=O) groups is 1. The molecule has 0 radical (unpaired) electrons. The maximum absolute atomic E-state index is 13.9. The molecule has 7 heteroatoms. The molecule has 1 aliphatic rings. The topological polar surface area (TPSA) is 60.2 Å². The van der Waals surface area contributed by atoms with Gasteiger partial charge in [-0.15, -0.1) is 0 Å². The molecule has 27 heavy (non-hydrogen) atoms. The SMILES string of the molecule is CCn1c([C@H]2CCN(C(=O)c3ccc(OC)c(F)c3)C2)nc2cccnc21. The number of ether oxygens (including phenoxy) is 1. The number of amides is 1. The minimum absolute atomic E-state index is 0.134. The highest BCUT2D eigenvalue weighted by atomic mass is 19.1. The molecule has 3 aromatic rings. The number of carbonyl (C=O) groups excluding carboxylic acids is 1. The van der Waals surface area contributed by atoms with Gasteiger partial charge in [0.15, 0.2) is 17.2 Å². The van der Waals surface area contributed by atoms with Crippen molar-refractivity contribution in [3.8, 4) is 5.75 Å². The first kappa shape index (κ1) is 17.5. The van der Waals surface area contributed by atoms with Crippen LogP contribution in [0.15, 0.2) is 36.5 Å². The van der Waals surface area contributed by atoms with Gasteiger partial charge < -0.3 is 14.2 Å². The third-order valence-corrected chi connectivity index (χ3v) is 5.09. The molecular weight excluding hydrogens is 347 g/mol. The van der Waals surface area contributed by atoms with Crippen molar-refractivity contribution in [3.63, 3.8) is 0 Å². The Kier molecular flexibility index (Phi) is 4.51. The predicted octanol–water partition coefficient (Wildman–Crippen LogP) is 3.23. The molecule has 0 N–H and O–H groups in total. The van der Waals surface area contributed by atoms with Crippen LogP contribution in [0.4, 0.5) is 4.39 Å². The van der Waals surface area contributed by atoms with Crippen molar-refractivity contribution in [3.05, 3.63) is 53.7 Å². The Bertz CT molecular complexity index is 1000. The van der Waals surface area contributed by atoms with Gasteiger partial charge >= 0.3 is 0 Å². The number of aryl methyl sites for hydroxylation is 1. The van der Waals surface area contributed by atoms with Gasteiger partial charge in [-0.3, -0.25) is 4.79 Å². The van der Waals surface area contributed by atoms with Crippen LogP contribution in [0.2, 0.25) is 0 Å². The molecule has 3 heterocycles. The van der Waals surface area contributed by atoms with Crippen molar-refractivity contribution < 1.29 is 13.9 Å². The first-order chi connectivity index (χ1) is 13.1. The zero-order valence-corrected chi connectivity index (χ0v) is 15.4. The maximum atomic E-state index is 13.9. The van der Waals surface area contributed by atoms with Crippen LogP contribution in [-0.2, 0) is 6.54 Å². The molecule has 2 aromatic heterocycles. The number of imidazole rings is 1. The van der Waals surface area contributed by atoms with Crippen LogP contribution in [0.5, 0.6) is 5.75 Å². The molecule has 1 aliphatic heterocycles. The van der Waals surface area contributed by atoms with Gasteiger partial charge in [0.1, 0.15) is 11.3 Å². The van der Waals surface area contributed by atoms with Gasteiger partial charge in [-0.1, -0.05) is 0 Å². The van der Waals surface area contributed by atoms with Crippen LogP contribution in [0, 0.1) is 5.82 Å². The summed E-state index contributed by atoms with van der Waals surface area (Å²) >= 11 is 0. The molecule has 0 unspecified atom stereocenters. The number of aromatic nitrogens is 3. The molecule has 1 fully saturated rings. The number of benzene rings is 1. The van der Waals surface area contributed by atoms with Gasteiger partial charge in [0.05, 0.1) is 7.11 Å². The van der Waals surface area contributed by atoms with Gasteiger partial charge in [0.25, 0.3) is 5.91 Å². The largest absolute Gasteiger partial charge is 0.494 e. The molecule has 1 aromatic carbocycles. The second-order valence-corrected chi connectivity index (χ2v) is 6.65. The van der Waals surface area contributed by atoms with Gasteiger partial charge in [0, 0.05) is 37.3 Å². The summed E-state index contributed by atoms with van der Waals surface area (Å²) in [6, 6.07) is 8.15. The lowest BCUT2D eigenvalue weighted by atomic mass is 10.1. The highest BCUT2D eigenvalue weighted by molar-refractivity contribution is 5.94. The molecule has 1 saturated heterocycles. The zero-order valence-electron chi connectivity index (χ0n) is 15.4. The molecule has 6 nitrogen and oxygen atoms in total. The number of halogens is 1. The van der Waals surface area contributed by atoms with E-state index in [0.717, 1.165) is 30.0 Å². The molecule has 0 saturated carbocycles. The number of rotatable bonds is 4. The van der Waals surface area contributed by atoms with Crippen LogP contribution in [0.1, 0.15) is 35.4 Å². The molecule has 0 aliphatic carbocycles. The summed E-state index contributed by atoms with van der Waals surface area (Å²) in [7, 11) is 1.40. The molecule has 0 spiro atoms. The summed E-state index contributed by atoms with van der Waals surface area (Å²) in [4.78, 5) is 23.7. The molecule has 1 amide bonds. The van der Waals surface area contributed by atoms with E-state index in [-0.39, 0.29) is 17.6 Å². The Morgan fingerprint density at radius 3 is 2.96 bits per heavy atom. The maximum Gasteiger partial charge on any atom is 0.253 e. The molecule has 0 bridgehead atoms. The number of pyridine rings is 1. The standard InChI is InChI=1S/C20H21FN4O2/c1-3-25-18(23-16-5-4-9-22-19(16)25)14-8-10-24(12-14)20(26)13-6-7-17(27-2)15(21)11-13/h4-7,9,11,14H,3,8,10,12H2,1-2H3/t14-/m0/s1. The number of likely N-dealkylation sites (tertiary alicyclic amines) is 1. The van der Waals surface area contributed by atoms with Crippen LogP contribution in [0.3, 0.4) is 0 Å². The first-order valence-corrected chi connectivity index (χ1v) is 9.06. The third kappa shape index (κ3) is 3.03. The van der Waals surface area contributed by atoms with E-state index in [9.17, 15) is 9.18 Å². The predicted molar refractivity (Wildman–Crippen MR) is 99.4 cm³/mol. The van der Waals surface area contributed by atoms with Crippen LogP contribution in [0.25, 0.3) is 11.2 Å². The van der Waals surface area contributed by atoms with E-state index in [1.54, 1.807) is 17.2 Å². The van der Waals surface area contributed by atoms with Crippen molar-refractivity contribution in [2.75, 3.05) is 20.2 Å². The van der Waals surface area contributed by atoms with Crippen LogP contribution >= 0.6 is 0 Å². The Balaban J connectivity index is 1.57. The summed E-state index contributed by atoms with van der Waals surface area (Å²) in [5.41, 5.74) is 2.08. The van der Waals surface area contributed by atoms with Crippen molar-refractivity contribution in [2.45, 2.75) is 25.8 Å². The quantitative estimate of drug-likeness (QED) is 0.709. The monoisotopic (exact) mass is 368 g/mol. The number of nitrogens with zero attached hydrogens (tertiary/aromatic N) is 4. The number of fused-ring (bicyclic) bond motifs is 1. The van der Waals surface area contributed by atoms with E-state index < -0.39 is 5.82 Å². The summed E-state index contributed by atoms with van der Waals surface area (Å²) in [5, 5.41) is 0. The number of hydrogen-bond donors (Lipinski definition) is 0. The summed E-state index contributed by atoms with van der Waals surface area (Å²) < 4.78 is 21.0. The Labute approximate surface area is 156 Å². The third-order valence-electron chi connectivity index (χ3n) is 5.09. The molecular formula is C20H21FN4O2. The number of methoxy groups -OCH3 is 1. The lowest BCUT2D eigenvalue weighted by Crippen LogP contribution is -2.28. The highest BCUT2D eigenvalue weighted by Crippen LogP contribution is 2.30. The van der Waals surface area contributed by atoms with Gasteiger partial charge in [-0.25, -0.2) is 14.4 Å². The minimum atomic E-state index is -0.530. The Morgan fingerprint density at radius 1 is 1.37 bits per heavy atom. The zero-order chi connectivity index (χ0) is 19.0. The van der Waals surface area contributed by atoms with Gasteiger partial charge in [-0.2, -0.15) is 0 Å². The van der Waals surface area contributed by atoms with Crippen molar-refractivity contribution in [2.24, 2.45) is 0 Å². The summed E-state index contributed by atoms with van der Waals surface area (Å²) in [6.45, 7) is 4.03. The fourth-order valence-electron chi connectivity index (χ4n) is 3.74. The van der Waals surface area contributed by atoms with Crippen LogP contribution in [-0.4, -0.2) is 45.5 Å². The summed E-state index contributed by atoms with van der Waals surface area (Å²) in [5.74, 6) is 0.540. The Morgan fingerprint density at radius 2 is 2.22 bits per heavy atom. The van der Waals surface area contributed by atoms with Crippen LogP contribution < -0.4 is 4.74 Å². The average molecular weight is 368 g/mol. The lowest BCUT2D eigenvalue weighted by molar-refractivity contribution is 0.0790. The Hall–Kier alpha value is -2.96. The van der Waals surface area contributed by atoms with Gasteiger partial charge in [0.2, 0.25) is 0 Å². The fourth-order valence-corrected chi connectivity index (χ4v) is 3.74. The van der Waals surface area contributed by atoms with E-state index in [0.29, 0.717) is 18.7 Å². The normalized spacial score (nSPS) is 16.9. The van der Waals surface area contributed by atoms with E-state index in [2.05, 4.69) is 16.5 Å². The second-order valence-electron chi connectivity index (χ2n) is 6.65. The fraction of sp³-hybridized carbons (Fsp3) is 0.350. The van der Waals surface area contributed by atoms with E-state index in [4.69, 9.17) is 9.72 Å². The highest BCUT2D eigenvalue weighted by Gasteiger charge is 2.31. The van der Waals surface area contributed by atoms with Gasteiger partial charge in [-0.05, 0) is 43.7 Å². The minimum Gasteiger partial charge on any atom is -0.494 e. The van der Waals surface area contributed by atoms with E-state index in [1.165, 1.54) is 19.2 Å². The lowest BCUT2D eigenvalue weighted by Gasteiger charge is -2.17. The second kappa shape index (κ2) is 6.98.